The molecule has 36 heavy (non-hydrogen) atoms. The molecule has 2 aliphatic rings. The first-order valence-corrected chi connectivity index (χ1v) is 12.5. The molecule has 1 unspecified atom stereocenters. The number of hydrogen-bond acceptors (Lipinski definition) is 10. The van der Waals surface area contributed by atoms with Gasteiger partial charge in [-0.2, -0.15) is 0 Å². The van der Waals surface area contributed by atoms with E-state index in [0.29, 0.717) is 11.5 Å². The first-order valence-electron chi connectivity index (χ1n) is 11.1. The van der Waals surface area contributed by atoms with Gasteiger partial charge in [-0.3, -0.25) is 9.05 Å². The highest BCUT2D eigenvalue weighted by atomic mass is 31.2. The lowest BCUT2D eigenvalue weighted by molar-refractivity contribution is -0.0516. The molecular formula is C23H21FN3O8P. The number of aryl methyl sites for hydroxylation is 1. The molecule has 0 saturated carbocycles. The largest absolute Gasteiger partial charge is 0.530 e. The van der Waals surface area contributed by atoms with Gasteiger partial charge in [-0.15, -0.1) is 0 Å². The van der Waals surface area contributed by atoms with E-state index in [-0.39, 0.29) is 23.3 Å². The summed E-state index contributed by atoms with van der Waals surface area (Å²) in [6.45, 7) is 1.42. The number of benzene rings is 1. The van der Waals surface area contributed by atoms with E-state index in [9.17, 15) is 19.2 Å². The number of halogens is 1. The third-order valence-corrected chi connectivity index (χ3v) is 7.52. The third-order valence-electron chi connectivity index (χ3n) is 6.20. The predicted octanol–water partition coefficient (Wildman–Crippen LogP) is 3.49. The number of hydrogen-bond donors (Lipinski definition) is 2. The van der Waals surface area contributed by atoms with Crippen molar-refractivity contribution in [2.75, 3.05) is 6.61 Å². The fraction of sp³-hybridized carbons (Fsp3) is 0.304. The normalized spacial score (nSPS) is 27.8. The van der Waals surface area contributed by atoms with Crippen molar-refractivity contribution in [1.82, 2.24) is 14.5 Å². The fourth-order valence-electron chi connectivity index (χ4n) is 4.40. The van der Waals surface area contributed by atoms with Crippen molar-refractivity contribution in [2.45, 2.75) is 38.1 Å². The first-order chi connectivity index (χ1) is 17.3. The van der Waals surface area contributed by atoms with Gasteiger partial charge in [0.05, 0.1) is 24.9 Å². The number of aliphatic hydroxyl groups is 2. The number of ether oxygens (including phenoxy) is 1. The molecule has 188 valence electrons. The Balaban J connectivity index is 1.23. The Hall–Kier alpha value is -3.12. The number of aliphatic hydroxyl groups excluding tert-OH is 2. The molecule has 6 rings (SSSR count). The van der Waals surface area contributed by atoms with Crippen LogP contribution in [0.15, 0.2) is 53.5 Å². The van der Waals surface area contributed by atoms with Gasteiger partial charge >= 0.3 is 7.82 Å². The fourth-order valence-corrected chi connectivity index (χ4v) is 5.69. The van der Waals surface area contributed by atoms with Crippen molar-refractivity contribution in [3.05, 3.63) is 66.1 Å². The highest BCUT2D eigenvalue weighted by Crippen LogP contribution is 2.55. The summed E-state index contributed by atoms with van der Waals surface area (Å²) in [5.41, 5.74) is 1.86. The molecule has 1 saturated heterocycles. The third kappa shape index (κ3) is 3.83. The minimum atomic E-state index is -4.00. The standard InChI is InChI=1S/C23H21FN3O8P/c1-12-4-2-5-13-9-32-36(30,35-21(12)13)33-10-16-19(28)20(29)23(34-16)27-8-14(24)17-18(15-6-3-7-31-15)25-11-26-22(17)27/h2-8,11,16,19-20,23,28-29H,9-10H2,1H3/t16-,19-,20-,23-,36?/m1/s1. The van der Waals surface area contributed by atoms with Crippen LogP contribution in [-0.4, -0.2) is 49.7 Å². The predicted molar refractivity (Wildman–Crippen MR) is 121 cm³/mol. The summed E-state index contributed by atoms with van der Waals surface area (Å²) in [7, 11) is -4.00. The summed E-state index contributed by atoms with van der Waals surface area (Å²) in [6.07, 6.45) is -1.46. The van der Waals surface area contributed by atoms with Crippen LogP contribution >= 0.6 is 7.82 Å². The zero-order chi connectivity index (χ0) is 25.0. The Morgan fingerprint density at radius 2 is 2.08 bits per heavy atom. The van der Waals surface area contributed by atoms with Crippen LogP contribution in [-0.2, 0) is 25.0 Å². The van der Waals surface area contributed by atoms with Crippen molar-refractivity contribution in [2.24, 2.45) is 0 Å². The van der Waals surface area contributed by atoms with E-state index in [2.05, 4.69) is 9.97 Å². The Morgan fingerprint density at radius 3 is 2.89 bits per heavy atom. The van der Waals surface area contributed by atoms with Crippen LogP contribution < -0.4 is 4.52 Å². The second kappa shape index (κ2) is 8.77. The summed E-state index contributed by atoms with van der Waals surface area (Å²) >= 11 is 0. The number of nitrogens with zero attached hydrogens (tertiary/aromatic N) is 3. The SMILES string of the molecule is Cc1cccc2c1OP(=O)(OC[C@H]1O[C@@H](n3cc(F)c4c(-c5ccco5)ncnc43)[C@H](O)[C@@H]1O)OC2. The van der Waals surface area contributed by atoms with Crippen molar-refractivity contribution in [3.8, 4) is 17.2 Å². The molecule has 0 radical (unpaired) electrons. The minimum Gasteiger partial charge on any atom is -0.463 e. The lowest BCUT2D eigenvalue weighted by Crippen LogP contribution is -2.34. The Kier molecular flexibility index (Phi) is 5.67. The molecule has 11 nitrogen and oxygen atoms in total. The average molecular weight is 517 g/mol. The molecule has 3 aromatic heterocycles. The quantitative estimate of drug-likeness (QED) is 0.378. The molecule has 2 N–H and O–H groups in total. The summed E-state index contributed by atoms with van der Waals surface area (Å²) in [4.78, 5) is 8.26. The van der Waals surface area contributed by atoms with Crippen LogP contribution in [0.4, 0.5) is 4.39 Å². The number of para-hydroxylation sites is 1. The van der Waals surface area contributed by atoms with Gasteiger partial charge in [-0.1, -0.05) is 18.2 Å². The van der Waals surface area contributed by atoms with E-state index < -0.39 is 44.8 Å². The molecule has 5 heterocycles. The second-order valence-corrected chi connectivity index (χ2v) is 10.1. The Bertz CT molecular complexity index is 1480. The van der Waals surface area contributed by atoms with Crippen molar-refractivity contribution < 1.29 is 41.9 Å². The zero-order valence-corrected chi connectivity index (χ0v) is 19.7. The first kappa shape index (κ1) is 23.3. The maximum absolute atomic E-state index is 15.0. The zero-order valence-electron chi connectivity index (χ0n) is 18.9. The highest BCUT2D eigenvalue weighted by molar-refractivity contribution is 7.49. The molecular weight excluding hydrogens is 496 g/mol. The van der Waals surface area contributed by atoms with Crippen molar-refractivity contribution >= 4 is 18.9 Å². The number of phosphoric acid groups is 1. The summed E-state index contributed by atoms with van der Waals surface area (Å²) in [6, 6.07) is 8.71. The van der Waals surface area contributed by atoms with E-state index in [0.717, 1.165) is 17.3 Å². The topological polar surface area (TPSA) is 138 Å². The number of rotatable bonds is 5. The molecule has 0 spiro atoms. The van der Waals surface area contributed by atoms with E-state index >= 15 is 0 Å². The smallest absolute Gasteiger partial charge is 0.463 e. The van der Waals surface area contributed by atoms with E-state index in [4.69, 9.17) is 22.7 Å². The monoisotopic (exact) mass is 517 g/mol. The van der Waals surface area contributed by atoms with Gasteiger partial charge in [0.1, 0.15) is 41.7 Å². The van der Waals surface area contributed by atoms with Gasteiger partial charge in [0, 0.05) is 11.8 Å². The van der Waals surface area contributed by atoms with E-state index in [1.807, 2.05) is 6.07 Å². The molecule has 13 heteroatoms. The molecule has 0 amide bonds. The number of furan rings is 1. The van der Waals surface area contributed by atoms with Crippen LogP contribution in [0.2, 0.25) is 0 Å². The molecule has 2 aliphatic heterocycles. The Morgan fingerprint density at radius 1 is 1.22 bits per heavy atom. The summed E-state index contributed by atoms with van der Waals surface area (Å²) in [5.74, 6) is 0.0935. The lowest BCUT2D eigenvalue weighted by Gasteiger charge is -2.27. The van der Waals surface area contributed by atoms with Gasteiger partial charge in [-0.05, 0) is 24.6 Å². The van der Waals surface area contributed by atoms with Crippen LogP contribution in [0, 0.1) is 12.7 Å². The molecule has 4 aromatic rings. The molecule has 0 aliphatic carbocycles. The van der Waals surface area contributed by atoms with Crippen molar-refractivity contribution in [1.29, 1.82) is 0 Å². The van der Waals surface area contributed by atoms with Crippen LogP contribution in [0.3, 0.4) is 0 Å². The Labute approximate surface area is 203 Å². The molecule has 5 atom stereocenters. The average Bonchev–Trinajstić information content (AvgIpc) is 3.59. The van der Waals surface area contributed by atoms with Crippen LogP contribution in [0.1, 0.15) is 17.4 Å². The second-order valence-electron chi connectivity index (χ2n) is 8.50. The number of fused-ring (bicyclic) bond motifs is 2. The lowest BCUT2D eigenvalue weighted by atomic mass is 10.1. The highest BCUT2D eigenvalue weighted by Gasteiger charge is 2.46. The van der Waals surface area contributed by atoms with E-state index in [1.165, 1.54) is 17.2 Å². The van der Waals surface area contributed by atoms with Gasteiger partial charge in [0.2, 0.25) is 0 Å². The van der Waals surface area contributed by atoms with Gasteiger partial charge < -0.3 is 28.5 Å². The summed E-state index contributed by atoms with van der Waals surface area (Å²) < 4.78 is 56.7. The maximum atomic E-state index is 15.0. The van der Waals surface area contributed by atoms with Crippen molar-refractivity contribution in [3.63, 3.8) is 0 Å². The molecule has 1 fully saturated rings. The number of aromatic nitrogens is 3. The van der Waals surface area contributed by atoms with Gasteiger partial charge in [-0.25, -0.2) is 18.9 Å². The van der Waals surface area contributed by atoms with Gasteiger partial charge in [0.25, 0.3) is 0 Å². The number of phosphoric ester groups is 1. The van der Waals surface area contributed by atoms with Gasteiger partial charge in [0.15, 0.2) is 17.8 Å². The molecule has 1 aromatic carbocycles. The van der Waals surface area contributed by atoms with Crippen LogP contribution in [0.5, 0.6) is 5.75 Å². The maximum Gasteiger partial charge on any atom is 0.530 e. The summed E-state index contributed by atoms with van der Waals surface area (Å²) in [5, 5.41) is 21.4. The molecule has 0 bridgehead atoms. The van der Waals surface area contributed by atoms with Crippen LogP contribution in [0.25, 0.3) is 22.5 Å². The minimum absolute atomic E-state index is 0.0277. The van der Waals surface area contributed by atoms with E-state index in [1.54, 1.807) is 31.2 Å².